The molecule has 0 radical (unpaired) electrons. The molecule has 0 heterocycles. The van der Waals surface area contributed by atoms with Crippen molar-refractivity contribution in [2.45, 2.75) is 0 Å². The second-order valence-corrected chi connectivity index (χ2v) is 7.70. The average molecular weight is 409 g/mol. The molecule has 0 unspecified atom stereocenters. The van der Waals surface area contributed by atoms with E-state index in [4.69, 9.17) is 0 Å². The van der Waals surface area contributed by atoms with E-state index in [1.807, 2.05) is 0 Å². The predicted octanol–water partition coefficient (Wildman–Crippen LogP) is 8.09. The third-order valence-electron chi connectivity index (χ3n) is 5.10. The molecule has 0 amide bonds. The largest absolute Gasteiger partial charge is 0.0622 e. The van der Waals surface area contributed by atoms with Gasteiger partial charge in [0, 0.05) is 4.47 Å². The van der Waals surface area contributed by atoms with Gasteiger partial charge in [0.15, 0.2) is 0 Å². The van der Waals surface area contributed by atoms with Gasteiger partial charge < -0.3 is 0 Å². The zero-order valence-electron chi connectivity index (χ0n) is 14.7. The van der Waals surface area contributed by atoms with Crippen LogP contribution in [0.5, 0.6) is 0 Å². The van der Waals surface area contributed by atoms with Gasteiger partial charge in [-0.3, -0.25) is 0 Å². The van der Waals surface area contributed by atoms with Crippen molar-refractivity contribution in [3.63, 3.8) is 0 Å². The molecule has 0 spiro atoms. The second-order valence-electron chi connectivity index (χ2n) is 6.78. The summed E-state index contributed by atoms with van der Waals surface area (Å²) < 4.78 is 1.10. The lowest BCUT2D eigenvalue weighted by Crippen LogP contribution is -1.87. The topological polar surface area (TPSA) is 0 Å². The molecule has 0 aromatic heterocycles. The third kappa shape index (κ3) is 2.94. The highest BCUT2D eigenvalue weighted by atomic mass is 79.9. The molecule has 128 valence electrons. The van der Waals surface area contributed by atoms with Crippen molar-refractivity contribution in [3.8, 4) is 22.3 Å². The Hall–Kier alpha value is -2.90. The molecule has 0 nitrogen and oxygen atoms in total. The van der Waals surface area contributed by atoms with Crippen molar-refractivity contribution >= 4 is 37.5 Å². The van der Waals surface area contributed by atoms with Crippen LogP contribution in [-0.4, -0.2) is 0 Å². The SMILES string of the molecule is Brc1ccc(-c2c3ccccc3cc3cc(-c4ccccc4)ccc23)cc1. The first-order chi connectivity index (χ1) is 13.3. The van der Waals surface area contributed by atoms with Crippen molar-refractivity contribution in [3.05, 3.63) is 108 Å². The first-order valence-electron chi connectivity index (χ1n) is 9.06. The minimum atomic E-state index is 1.10. The molecule has 5 rings (SSSR count). The molecular formula is C26H17Br. The first-order valence-corrected chi connectivity index (χ1v) is 9.86. The molecule has 1 heteroatoms. The van der Waals surface area contributed by atoms with Crippen LogP contribution >= 0.6 is 15.9 Å². The second kappa shape index (κ2) is 6.68. The Kier molecular flexibility index (Phi) is 4.03. The number of hydrogen-bond donors (Lipinski definition) is 0. The van der Waals surface area contributed by atoms with Gasteiger partial charge in [0.2, 0.25) is 0 Å². The molecule has 27 heavy (non-hydrogen) atoms. The van der Waals surface area contributed by atoms with E-state index in [-0.39, 0.29) is 0 Å². The van der Waals surface area contributed by atoms with Crippen LogP contribution in [0.4, 0.5) is 0 Å². The third-order valence-corrected chi connectivity index (χ3v) is 5.63. The lowest BCUT2D eigenvalue weighted by Gasteiger charge is -2.13. The van der Waals surface area contributed by atoms with Crippen LogP contribution in [0.15, 0.2) is 108 Å². The van der Waals surface area contributed by atoms with E-state index in [1.54, 1.807) is 0 Å². The lowest BCUT2D eigenvalue weighted by atomic mass is 9.90. The van der Waals surface area contributed by atoms with Crippen molar-refractivity contribution in [2.24, 2.45) is 0 Å². The predicted molar refractivity (Wildman–Crippen MR) is 120 cm³/mol. The van der Waals surface area contributed by atoms with Crippen LogP contribution in [0.2, 0.25) is 0 Å². The number of hydrogen-bond acceptors (Lipinski definition) is 0. The van der Waals surface area contributed by atoms with Crippen LogP contribution in [0.25, 0.3) is 43.8 Å². The summed E-state index contributed by atoms with van der Waals surface area (Å²) in [6.45, 7) is 0. The summed E-state index contributed by atoms with van der Waals surface area (Å²) in [5, 5.41) is 5.12. The van der Waals surface area contributed by atoms with Gasteiger partial charge in [-0.15, -0.1) is 0 Å². The van der Waals surface area contributed by atoms with Crippen LogP contribution in [0.3, 0.4) is 0 Å². The van der Waals surface area contributed by atoms with Gasteiger partial charge in [0.25, 0.3) is 0 Å². The van der Waals surface area contributed by atoms with Crippen molar-refractivity contribution in [1.29, 1.82) is 0 Å². The minimum Gasteiger partial charge on any atom is -0.0622 e. The van der Waals surface area contributed by atoms with E-state index < -0.39 is 0 Å². The maximum atomic E-state index is 3.55. The van der Waals surface area contributed by atoms with Gasteiger partial charge in [0.1, 0.15) is 0 Å². The Labute approximate surface area is 167 Å². The first kappa shape index (κ1) is 16.3. The summed E-state index contributed by atoms with van der Waals surface area (Å²) >= 11 is 3.55. The van der Waals surface area contributed by atoms with Gasteiger partial charge in [0.05, 0.1) is 0 Å². The molecule has 0 fully saturated rings. The molecule has 0 saturated heterocycles. The number of fused-ring (bicyclic) bond motifs is 2. The van der Waals surface area contributed by atoms with Crippen LogP contribution in [-0.2, 0) is 0 Å². The van der Waals surface area contributed by atoms with E-state index in [0.29, 0.717) is 0 Å². The van der Waals surface area contributed by atoms with Gasteiger partial charge in [-0.2, -0.15) is 0 Å². The van der Waals surface area contributed by atoms with Gasteiger partial charge in [-0.25, -0.2) is 0 Å². The van der Waals surface area contributed by atoms with E-state index in [2.05, 4.69) is 119 Å². The van der Waals surface area contributed by atoms with Gasteiger partial charge in [-0.1, -0.05) is 94.8 Å². The molecule has 0 bridgehead atoms. The number of halogens is 1. The van der Waals surface area contributed by atoms with Gasteiger partial charge in [-0.05, 0) is 68.1 Å². The Morgan fingerprint density at radius 1 is 0.444 bits per heavy atom. The fourth-order valence-electron chi connectivity index (χ4n) is 3.81. The summed E-state index contributed by atoms with van der Waals surface area (Å²) in [7, 11) is 0. The average Bonchev–Trinajstić information content (AvgIpc) is 2.73. The smallest absolute Gasteiger partial charge is 0.0175 e. The Morgan fingerprint density at radius 2 is 1.11 bits per heavy atom. The molecule has 0 aliphatic heterocycles. The highest BCUT2D eigenvalue weighted by Crippen LogP contribution is 2.38. The fourth-order valence-corrected chi connectivity index (χ4v) is 4.08. The zero-order valence-corrected chi connectivity index (χ0v) is 16.3. The lowest BCUT2D eigenvalue weighted by molar-refractivity contribution is 1.62. The molecule has 5 aromatic carbocycles. The van der Waals surface area contributed by atoms with E-state index in [0.717, 1.165) is 4.47 Å². The molecule has 0 saturated carbocycles. The van der Waals surface area contributed by atoms with E-state index >= 15 is 0 Å². The quantitative estimate of drug-likeness (QED) is 0.259. The maximum Gasteiger partial charge on any atom is 0.0175 e. The Bertz CT molecular complexity index is 1250. The highest BCUT2D eigenvalue weighted by molar-refractivity contribution is 9.10. The summed E-state index contributed by atoms with van der Waals surface area (Å²) in [4.78, 5) is 0. The molecule has 0 aliphatic carbocycles. The van der Waals surface area contributed by atoms with E-state index in [1.165, 1.54) is 43.8 Å². The highest BCUT2D eigenvalue weighted by Gasteiger charge is 2.11. The minimum absolute atomic E-state index is 1.10. The van der Waals surface area contributed by atoms with Crippen LogP contribution in [0, 0.1) is 0 Å². The van der Waals surface area contributed by atoms with Crippen LogP contribution in [0.1, 0.15) is 0 Å². The van der Waals surface area contributed by atoms with E-state index in [9.17, 15) is 0 Å². The van der Waals surface area contributed by atoms with Crippen molar-refractivity contribution < 1.29 is 0 Å². The van der Waals surface area contributed by atoms with Crippen molar-refractivity contribution in [1.82, 2.24) is 0 Å². The maximum absolute atomic E-state index is 3.55. The number of benzene rings is 5. The molecular weight excluding hydrogens is 392 g/mol. The monoisotopic (exact) mass is 408 g/mol. The normalized spacial score (nSPS) is 11.1. The summed E-state index contributed by atoms with van der Waals surface area (Å²) in [6, 6.07) is 36.9. The standard InChI is InChI=1S/C26H17Br/c27-23-13-10-19(11-14-23)26-24-9-5-4-8-21(24)17-22-16-20(12-15-25(22)26)18-6-2-1-3-7-18/h1-17H. The summed E-state index contributed by atoms with van der Waals surface area (Å²) in [6.07, 6.45) is 0. The van der Waals surface area contributed by atoms with Crippen molar-refractivity contribution in [2.75, 3.05) is 0 Å². The summed E-state index contributed by atoms with van der Waals surface area (Å²) in [5.74, 6) is 0. The molecule has 0 aliphatic rings. The Balaban J connectivity index is 1.84. The van der Waals surface area contributed by atoms with Crippen LogP contribution < -0.4 is 0 Å². The molecule has 0 N–H and O–H groups in total. The zero-order chi connectivity index (χ0) is 18.2. The van der Waals surface area contributed by atoms with Gasteiger partial charge >= 0.3 is 0 Å². The molecule has 5 aromatic rings. The number of rotatable bonds is 2. The Morgan fingerprint density at radius 3 is 1.93 bits per heavy atom. The molecule has 0 atom stereocenters. The summed E-state index contributed by atoms with van der Waals surface area (Å²) in [5.41, 5.74) is 5.04. The fraction of sp³-hybridized carbons (Fsp3) is 0.